The van der Waals surface area contributed by atoms with Crippen LogP contribution < -0.4 is 0 Å². The van der Waals surface area contributed by atoms with E-state index in [-0.39, 0.29) is 5.97 Å². The molecular formula is C20H38O2. The van der Waals surface area contributed by atoms with Crippen LogP contribution in [0.1, 0.15) is 104 Å². The molecule has 0 aliphatic carbocycles. The van der Waals surface area contributed by atoms with E-state index in [0.29, 0.717) is 6.61 Å². The summed E-state index contributed by atoms with van der Waals surface area (Å²) in [7, 11) is 0. The highest BCUT2D eigenvalue weighted by atomic mass is 16.5. The third-order valence-corrected chi connectivity index (χ3v) is 3.96. The van der Waals surface area contributed by atoms with E-state index < -0.39 is 0 Å². The molecule has 22 heavy (non-hydrogen) atoms. The molecule has 2 heteroatoms. The molecule has 2 nitrogen and oxygen atoms in total. The Kier molecular flexibility index (Phi) is 17.6. The Hall–Kier alpha value is -0.790. The van der Waals surface area contributed by atoms with Crippen molar-refractivity contribution in [3.8, 4) is 0 Å². The molecule has 0 unspecified atom stereocenters. The number of allylic oxidation sites excluding steroid dienone is 2. The average molecular weight is 311 g/mol. The normalized spacial score (nSPS) is 11.2. The molecule has 0 aliphatic rings. The zero-order chi connectivity index (χ0) is 16.3. The van der Waals surface area contributed by atoms with Crippen molar-refractivity contribution < 1.29 is 9.53 Å². The maximum absolute atomic E-state index is 10.6. The monoisotopic (exact) mass is 310 g/mol. The maximum Gasteiger partial charge on any atom is 0.302 e. The van der Waals surface area contributed by atoms with Gasteiger partial charge in [-0.05, 0) is 25.7 Å². The minimum atomic E-state index is -0.176. The number of hydrogen-bond donors (Lipinski definition) is 0. The molecule has 0 atom stereocenters. The van der Waals surface area contributed by atoms with Crippen LogP contribution in [0, 0.1) is 0 Å². The molecule has 0 aromatic carbocycles. The Morgan fingerprint density at radius 1 is 0.727 bits per heavy atom. The standard InChI is InChI=1S/C20H38O2/c1-3-4-5-6-7-8-9-10-11-12-13-14-15-16-17-18-19-22-20(2)21/h15-16H,3-14,17-19H2,1-2H3/b16-15-. The lowest BCUT2D eigenvalue weighted by molar-refractivity contribution is -0.141. The minimum Gasteiger partial charge on any atom is -0.466 e. The zero-order valence-corrected chi connectivity index (χ0v) is 15.1. The van der Waals surface area contributed by atoms with Crippen LogP contribution in [0.3, 0.4) is 0 Å². The molecule has 0 spiro atoms. The van der Waals surface area contributed by atoms with Gasteiger partial charge in [-0.2, -0.15) is 0 Å². The fourth-order valence-corrected chi connectivity index (χ4v) is 2.58. The van der Waals surface area contributed by atoms with Crippen LogP contribution in [0.2, 0.25) is 0 Å². The number of hydrogen-bond acceptors (Lipinski definition) is 2. The lowest BCUT2D eigenvalue weighted by Crippen LogP contribution is -1.99. The van der Waals surface area contributed by atoms with E-state index in [2.05, 4.69) is 19.1 Å². The van der Waals surface area contributed by atoms with E-state index in [4.69, 9.17) is 4.74 Å². The first-order valence-corrected chi connectivity index (χ1v) is 9.55. The summed E-state index contributed by atoms with van der Waals surface area (Å²) in [4.78, 5) is 10.6. The Balaban J connectivity index is 3.06. The number of unbranched alkanes of at least 4 members (excludes halogenated alkanes) is 12. The van der Waals surface area contributed by atoms with Gasteiger partial charge in [0.25, 0.3) is 0 Å². The number of rotatable bonds is 16. The number of carbonyl (C=O) groups is 1. The van der Waals surface area contributed by atoms with E-state index in [9.17, 15) is 4.79 Å². The van der Waals surface area contributed by atoms with Crippen molar-refractivity contribution in [2.45, 2.75) is 104 Å². The summed E-state index contributed by atoms with van der Waals surface area (Å²) in [5, 5.41) is 0. The molecule has 0 rings (SSSR count). The highest BCUT2D eigenvalue weighted by Crippen LogP contribution is 2.12. The van der Waals surface area contributed by atoms with Crippen LogP contribution in [0.4, 0.5) is 0 Å². The Bertz CT molecular complexity index is 258. The van der Waals surface area contributed by atoms with Crippen LogP contribution in [0.25, 0.3) is 0 Å². The van der Waals surface area contributed by atoms with Crippen LogP contribution in [-0.4, -0.2) is 12.6 Å². The van der Waals surface area contributed by atoms with Crippen LogP contribution in [0.5, 0.6) is 0 Å². The van der Waals surface area contributed by atoms with E-state index in [1.165, 1.54) is 84.0 Å². The quantitative estimate of drug-likeness (QED) is 0.183. The summed E-state index contributed by atoms with van der Waals surface area (Å²) in [5.74, 6) is -0.176. The Morgan fingerprint density at radius 2 is 1.18 bits per heavy atom. The van der Waals surface area contributed by atoms with Gasteiger partial charge in [-0.1, -0.05) is 83.3 Å². The highest BCUT2D eigenvalue weighted by molar-refractivity contribution is 5.65. The molecule has 0 radical (unpaired) electrons. The molecule has 0 bridgehead atoms. The molecular weight excluding hydrogens is 272 g/mol. The molecule has 0 heterocycles. The van der Waals surface area contributed by atoms with E-state index in [1.54, 1.807) is 0 Å². The summed E-state index contributed by atoms with van der Waals surface area (Å²) in [6.07, 6.45) is 23.1. The van der Waals surface area contributed by atoms with Crippen LogP contribution >= 0.6 is 0 Å². The first kappa shape index (κ1) is 21.2. The smallest absolute Gasteiger partial charge is 0.302 e. The first-order chi connectivity index (χ1) is 10.8. The molecule has 0 saturated heterocycles. The maximum atomic E-state index is 10.6. The van der Waals surface area contributed by atoms with Crippen molar-refractivity contribution in [2.24, 2.45) is 0 Å². The number of carbonyl (C=O) groups excluding carboxylic acids is 1. The van der Waals surface area contributed by atoms with Crippen molar-refractivity contribution in [3.05, 3.63) is 12.2 Å². The van der Waals surface area contributed by atoms with E-state index >= 15 is 0 Å². The summed E-state index contributed by atoms with van der Waals surface area (Å²) in [6, 6.07) is 0. The van der Waals surface area contributed by atoms with Gasteiger partial charge in [0, 0.05) is 6.92 Å². The molecule has 0 aliphatic heterocycles. The van der Waals surface area contributed by atoms with Gasteiger partial charge in [0.1, 0.15) is 0 Å². The van der Waals surface area contributed by atoms with Gasteiger partial charge in [-0.3, -0.25) is 4.79 Å². The fraction of sp³-hybridized carbons (Fsp3) is 0.850. The molecule has 0 aromatic heterocycles. The lowest BCUT2D eigenvalue weighted by atomic mass is 10.1. The van der Waals surface area contributed by atoms with Crippen molar-refractivity contribution in [1.29, 1.82) is 0 Å². The molecule has 130 valence electrons. The SMILES string of the molecule is CCCCCCCCCCCCC/C=C\CCCOC(C)=O. The second kappa shape index (κ2) is 18.3. The van der Waals surface area contributed by atoms with Gasteiger partial charge < -0.3 is 4.74 Å². The Morgan fingerprint density at radius 3 is 1.68 bits per heavy atom. The molecule has 0 amide bonds. The van der Waals surface area contributed by atoms with Gasteiger partial charge in [0.15, 0.2) is 0 Å². The molecule has 0 N–H and O–H groups in total. The summed E-state index contributed by atoms with van der Waals surface area (Å²) < 4.78 is 4.89. The number of ether oxygens (including phenoxy) is 1. The van der Waals surface area contributed by atoms with Crippen molar-refractivity contribution in [3.63, 3.8) is 0 Å². The van der Waals surface area contributed by atoms with Crippen LogP contribution in [-0.2, 0) is 9.53 Å². The topological polar surface area (TPSA) is 26.3 Å². The van der Waals surface area contributed by atoms with Crippen molar-refractivity contribution in [1.82, 2.24) is 0 Å². The minimum absolute atomic E-state index is 0.176. The number of esters is 1. The van der Waals surface area contributed by atoms with Gasteiger partial charge >= 0.3 is 5.97 Å². The van der Waals surface area contributed by atoms with Crippen LogP contribution in [0.15, 0.2) is 12.2 Å². The molecule has 0 fully saturated rings. The van der Waals surface area contributed by atoms with Gasteiger partial charge in [-0.25, -0.2) is 0 Å². The first-order valence-electron chi connectivity index (χ1n) is 9.55. The largest absolute Gasteiger partial charge is 0.466 e. The third-order valence-electron chi connectivity index (χ3n) is 3.96. The second-order valence-electron chi connectivity index (χ2n) is 6.28. The molecule has 0 saturated carbocycles. The van der Waals surface area contributed by atoms with Crippen molar-refractivity contribution >= 4 is 5.97 Å². The van der Waals surface area contributed by atoms with Gasteiger partial charge in [-0.15, -0.1) is 0 Å². The molecule has 0 aromatic rings. The van der Waals surface area contributed by atoms with E-state index in [1.807, 2.05) is 0 Å². The predicted molar refractivity (Wildman–Crippen MR) is 96.1 cm³/mol. The summed E-state index contributed by atoms with van der Waals surface area (Å²) >= 11 is 0. The summed E-state index contributed by atoms with van der Waals surface area (Å²) in [5.41, 5.74) is 0. The predicted octanol–water partition coefficient (Wildman–Crippen LogP) is 6.59. The highest BCUT2D eigenvalue weighted by Gasteiger charge is 1.93. The lowest BCUT2D eigenvalue weighted by Gasteiger charge is -2.01. The van der Waals surface area contributed by atoms with Gasteiger partial charge in [0.2, 0.25) is 0 Å². The zero-order valence-electron chi connectivity index (χ0n) is 15.1. The average Bonchev–Trinajstić information content (AvgIpc) is 2.50. The second-order valence-corrected chi connectivity index (χ2v) is 6.28. The third kappa shape index (κ3) is 19.2. The fourth-order valence-electron chi connectivity index (χ4n) is 2.58. The summed E-state index contributed by atoms with van der Waals surface area (Å²) in [6.45, 7) is 4.29. The van der Waals surface area contributed by atoms with Crippen molar-refractivity contribution in [2.75, 3.05) is 6.61 Å². The van der Waals surface area contributed by atoms with Gasteiger partial charge in [0.05, 0.1) is 6.61 Å². The Labute approximate surface area is 138 Å². The van der Waals surface area contributed by atoms with E-state index in [0.717, 1.165) is 12.8 Å².